The molecular weight excluding hydrogens is 235 g/mol. The van der Waals surface area contributed by atoms with Gasteiger partial charge in [-0.1, -0.05) is 36.4 Å². The molecule has 0 aliphatic rings. The summed E-state index contributed by atoms with van der Waals surface area (Å²) >= 11 is 0. The van der Waals surface area contributed by atoms with Crippen molar-refractivity contribution in [2.45, 2.75) is 0 Å². The zero-order valence-electron chi connectivity index (χ0n) is 8.95. The van der Waals surface area contributed by atoms with Crippen molar-refractivity contribution in [3.05, 3.63) is 66.2 Å². The highest BCUT2D eigenvalue weighted by atomic mass is 31.1. The maximum atomic E-state index is 11.7. The summed E-state index contributed by atoms with van der Waals surface area (Å²) in [6.07, 6.45) is 0. The average molecular weight is 245 g/mol. The highest BCUT2D eigenvalue weighted by Crippen LogP contribution is 2.23. The van der Waals surface area contributed by atoms with Gasteiger partial charge in [0.1, 0.15) is 0 Å². The van der Waals surface area contributed by atoms with E-state index in [1.807, 2.05) is 6.07 Å². The lowest BCUT2D eigenvalue weighted by Gasteiger charge is -2.02. The monoisotopic (exact) mass is 245 g/mol. The van der Waals surface area contributed by atoms with Crippen LogP contribution in [0.4, 0.5) is 0 Å². The average Bonchev–Trinajstić information content (AvgIpc) is 2.40. The SMILES string of the molecule is O=C(O[P](=O)c1ccccc1)c1ccccc1. The number of carbonyl (C=O) groups excluding carboxylic acids is 1. The molecule has 4 heteroatoms. The molecule has 2 aromatic rings. The number of hydrogen-bond donors (Lipinski definition) is 0. The van der Waals surface area contributed by atoms with Crippen LogP contribution < -0.4 is 5.30 Å². The Bertz CT molecular complexity index is 473. The van der Waals surface area contributed by atoms with Gasteiger partial charge < -0.3 is 4.52 Å². The second-order valence-corrected chi connectivity index (χ2v) is 4.55. The maximum absolute atomic E-state index is 11.7. The standard InChI is InChI=1S/C13H10O3P/c14-13(11-7-3-1-4-8-11)16-17(15)12-9-5-2-6-10-12/h1-10H. The Labute approximate surface area is 99.9 Å². The molecule has 0 spiro atoms. The lowest BCUT2D eigenvalue weighted by Crippen LogP contribution is -2.04. The Kier molecular flexibility index (Phi) is 3.63. The summed E-state index contributed by atoms with van der Waals surface area (Å²) in [5.41, 5.74) is 0.395. The first-order chi connectivity index (χ1) is 8.27. The van der Waals surface area contributed by atoms with E-state index in [4.69, 9.17) is 4.52 Å². The van der Waals surface area contributed by atoms with Crippen LogP contribution in [0.2, 0.25) is 0 Å². The second kappa shape index (κ2) is 5.37. The van der Waals surface area contributed by atoms with Crippen molar-refractivity contribution < 1.29 is 13.9 Å². The third kappa shape index (κ3) is 2.99. The van der Waals surface area contributed by atoms with Crippen molar-refractivity contribution in [1.82, 2.24) is 0 Å². The zero-order chi connectivity index (χ0) is 12.1. The van der Waals surface area contributed by atoms with E-state index in [0.29, 0.717) is 10.9 Å². The van der Waals surface area contributed by atoms with Crippen LogP contribution in [0.25, 0.3) is 0 Å². The summed E-state index contributed by atoms with van der Waals surface area (Å²) in [5.74, 6) is -0.574. The third-order valence-corrected chi connectivity index (χ3v) is 3.19. The highest BCUT2D eigenvalue weighted by molar-refractivity contribution is 7.49. The van der Waals surface area contributed by atoms with E-state index in [2.05, 4.69) is 0 Å². The molecule has 1 radical (unpaired) electrons. The molecule has 0 heterocycles. The molecule has 0 saturated heterocycles. The fourth-order valence-electron chi connectivity index (χ4n) is 1.30. The lowest BCUT2D eigenvalue weighted by molar-refractivity contribution is 0.0752. The number of carbonyl (C=O) groups is 1. The van der Waals surface area contributed by atoms with Gasteiger partial charge in [-0.3, -0.25) is 0 Å². The van der Waals surface area contributed by atoms with E-state index >= 15 is 0 Å². The first-order valence-electron chi connectivity index (χ1n) is 5.07. The first kappa shape index (κ1) is 11.5. The molecule has 0 aliphatic carbocycles. The maximum Gasteiger partial charge on any atom is 0.348 e. The molecule has 0 bridgehead atoms. The van der Waals surface area contributed by atoms with Crippen LogP contribution >= 0.6 is 8.03 Å². The molecule has 0 amide bonds. The van der Waals surface area contributed by atoms with E-state index < -0.39 is 14.0 Å². The summed E-state index contributed by atoms with van der Waals surface area (Å²) in [7, 11) is -2.14. The molecule has 0 fully saturated rings. The predicted octanol–water partition coefficient (Wildman–Crippen LogP) is 2.91. The van der Waals surface area contributed by atoms with Crippen molar-refractivity contribution in [3.63, 3.8) is 0 Å². The normalized spacial score (nSPS) is 10.7. The van der Waals surface area contributed by atoms with Gasteiger partial charge >= 0.3 is 14.0 Å². The minimum absolute atomic E-state index is 0.395. The smallest absolute Gasteiger partial charge is 0.348 e. The molecule has 2 rings (SSSR count). The Morgan fingerprint density at radius 2 is 1.41 bits per heavy atom. The quantitative estimate of drug-likeness (QED) is 0.781. The fourth-order valence-corrected chi connectivity index (χ4v) is 2.08. The van der Waals surface area contributed by atoms with Gasteiger partial charge in [-0.15, -0.1) is 0 Å². The van der Waals surface area contributed by atoms with E-state index in [9.17, 15) is 9.36 Å². The fraction of sp³-hybridized carbons (Fsp3) is 0. The number of rotatable bonds is 3. The zero-order valence-corrected chi connectivity index (χ0v) is 9.84. The van der Waals surface area contributed by atoms with Crippen LogP contribution in [0.15, 0.2) is 60.7 Å². The van der Waals surface area contributed by atoms with Crippen LogP contribution in [-0.4, -0.2) is 5.97 Å². The van der Waals surface area contributed by atoms with E-state index in [1.165, 1.54) is 0 Å². The molecule has 17 heavy (non-hydrogen) atoms. The Morgan fingerprint density at radius 1 is 0.882 bits per heavy atom. The van der Waals surface area contributed by atoms with Gasteiger partial charge in [0.25, 0.3) is 0 Å². The van der Waals surface area contributed by atoms with Gasteiger partial charge in [0, 0.05) is 0 Å². The Balaban J connectivity index is 2.08. The van der Waals surface area contributed by atoms with Crippen LogP contribution in [-0.2, 0) is 9.09 Å². The summed E-state index contributed by atoms with van der Waals surface area (Å²) < 4.78 is 16.6. The van der Waals surface area contributed by atoms with Crippen LogP contribution in [0, 0.1) is 0 Å². The molecule has 1 unspecified atom stereocenters. The molecule has 0 aromatic heterocycles. The van der Waals surface area contributed by atoms with Gasteiger partial charge in [0.05, 0.1) is 10.9 Å². The molecule has 3 nitrogen and oxygen atoms in total. The van der Waals surface area contributed by atoms with Crippen molar-refractivity contribution in [3.8, 4) is 0 Å². The second-order valence-electron chi connectivity index (χ2n) is 3.34. The minimum Gasteiger partial charge on any atom is -0.376 e. The third-order valence-electron chi connectivity index (χ3n) is 2.14. The first-order valence-corrected chi connectivity index (χ1v) is 6.25. The van der Waals surface area contributed by atoms with E-state index in [0.717, 1.165) is 0 Å². The molecule has 2 aromatic carbocycles. The Morgan fingerprint density at radius 3 is 2.00 bits per heavy atom. The summed E-state index contributed by atoms with van der Waals surface area (Å²) in [6.45, 7) is 0. The summed E-state index contributed by atoms with van der Waals surface area (Å²) in [6, 6.07) is 17.1. The van der Waals surface area contributed by atoms with Crippen molar-refractivity contribution >= 4 is 19.3 Å². The molecule has 85 valence electrons. The Hall–Kier alpha value is -1.99. The van der Waals surface area contributed by atoms with Gasteiger partial charge in [-0.05, 0) is 24.3 Å². The highest BCUT2D eigenvalue weighted by Gasteiger charge is 2.13. The van der Waals surface area contributed by atoms with Gasteiger partial charge in [0.2, 0.25) is 0 Å². The summed E-state index contributed by atoms with van der Waals surface area (Å²) in [4.78, 5) is 11.6. The number of hydrogen-bond acceptors (Lipinski definition) is 3. The van der Waals surface area contributed by atoms with E-state index in [-0.39, 0.29) is 0 Å². The minimum atomic E-state index is -2.14. The molecule has 0 aliphatic heterocycles. The van der Waals surface area contributed by atoms with Gasteiger partial charge in [-0.25, -0.2) is 9.36 Å². The molecule has 1 atom stereocenters. The van der Waals surface area contributed by atoms with Crippen LogP contribution in [0.5, 0.6) is 0 Å². The molecule has 0 N–H and O–H groups in total. The van der Waals surface area contributed by atoms with Gasteiger partial charge in [-0.2, -0.15) is 0 Å². The molecular formula is C13H10O3P. The van der Waals surface area contributed by atoms with Crippen LogP contribution in [0.3, 0.4) is 0 Å². The van der Waals surface area contributed by atoms with Crippen molar-refractivity contribution in [2.24, 2.45) is 0 Å². The van der Waals surface area contributed by atoms with Crippen molar-refractivity contribution in [1.29, 1.82) is 0 Å². The summed E-state index contributed by atoms with van der Waals surface area (Å²) in [5, 5.41) is 0.506. The molecule has 0 saturated carbocycles. The topological polar surface area (TPSA) is 43.4 Å². The van der Waals surface area contributed by atoms with Crippen LogP contribution in [0.1, 0.15) is 10.4 Å². The largest absolute Gasteiger partial charge is 0.376 e. The lowest BCUT2D eigenvalue weighted by atomic mass is 10.2. The number of benzene rings is 2. The van der Waals surface area contributed by atoms with E-state index in [1.54, 1.807) is 54.6 Å². The van der Waals surface area contributed by atoms with Crippen molar-refractivity contribution in [2.75, 3.05) is 0 Å². The van der Waals surface area contributed by atoms with Gasteiger partial charge in [0.15, 0.2) is 0 Å². The predicted molar refractivity (Wildman–Crippen MR) is 65.5 cm³/mol.